The Labute approximate surface area is 183 Å². The van der Waals surface area contributed by atoms with E-state index in [0.29, 0.717) is 31.0 Å². The van der Waals surface area contributed by atoms with Gasteiger partial charge in [0.05, 0.1) is 26.6 Å². The summed E-state index contributed by atoms with van der Waals surface area (Å²) in [7, 11) is 1.24. The van der Waals surface area contributed by atoms with Crippen LogP contribution in [0.5, 0.6) is 11.5 Å². The highest BCUT2D eigenvalue weighted by Crippen LogP contribution is 2.28. The average Bonchev–Trinajstić information content (AvgIpc) is 3.40. The maximum atomic E-state index is 13.4. The molecule has 9 nitrogen and oxygen atoms in total. The van der Waals surface area contributed by atoms with E-state index in [9.17, 15) is 8.42 Å². The van der Waals surface area contributed by atoms with E-state index >= 15 is 0 Å². The maximum absolute atomic E-state index is 13.4. The molecule has 0 fully saturated rings. The first kappa shape index (κ1) is 22.8. The van der Waals surface area contributed by atoms with Crippen LogP contribution in [0.3, 0.4) is 0 Å². The average molecular weight is 448 g/mol. The number of aryl methyl sites for hydroxylation is 2. The molecule has 0 aliphatic rings. The number of hydrogen-bond acceptors (Lipinski definition) is 6. The first-order valence-electron chi connectivity index (χ1n) is 10.1. The van der Waals surface area contributed by atoms with Gasteiger partial charge in [0.1, 0.15) is 4.90 Å². The molecule has 0 saturated heterocycles. The van der Waals surface area contributed by atoms with E-state index in [2.05, 4.69) is 10.2 Å². The Kier molecular flexibility index (Phi) is 7.34. The van der Waals surface area contributed by atoms with Crippen molar-refractivity contribution in [1.82, 2.24) is 23.9 Å². The van der Waals surface area contributed by atoms with Crippen LogP contribution in [0.1, 0.15) is 24.5 Å². The fourth-order valence-corrected chi connectivity index (χ4v) is 4.69. The molecule has 0 radical (unpaired) electrons. The van der Waals surface area contributed by atoms with Crippen LogP contribution in [-0.4, -0.2) is 53.0 Å². The standard InChI is InChI=1S/C21H29N5O4S/c1-5-9-25-16-19(13-23-25)31(27,28)26(15-18-12-22-24(2)14-18)10-8-17-6-7-20(29-3)21(11-17)30-4/h6-7,11-14,16H,5,8-10,15H2,1-4H3. The first-order valence-corrected chi connectivity index (χ1v) is 11.5. The SMILES string of the molecule is CCCn1cc(S(=O)(=O)N(CCc2ccc(OC)c(OC)c2)Cc2cnn(C)c2)cn1. The van der Waals surface area contributed by atoms with Crippen LogP contribution in [0, 0.1) is 0 Å². The van der Waals surface area contributed by atoms with Gasteiger partial charge in [-0.3, -0.25) is 9.36 Å². The summed E-state index contributed by atoms with van der Waals surface area (Å²) >= 11 is 0. The van der Waals surface area contributed by atoms with Gasteiger partial charge < -0.3 is 9.47 Å². The molecule has 0 spiro atoms. The van der Waals surface area contributed by atoms with Crippen molar-refractivity contribution in [2.75, 3.05) is 20.8 Å². The van der Waals surface area contributed by atoms with Crippen molar-refractivity contribution in [2.45, 2.75) is 37.8 Å². The summed E-state index contributed by atoms with van der Waals surface area (Å²) in [5.41, 5.74) is 1.77. The van der Waals surface area contributed by atoms with Crippen molar-refractivity contribution in [2.24, 2.45) is 7.05 Å². The molecule has 31 heavy (non-hydrogen) atoms. The van der Waals surface area contributed by atoms with Gasteiger partial charge in [0.2, 0.25) is 10.0 Å². The molecule has 2 heterocycles. The minimum Gasteiger partial charge on any atom is -0.493 e. The van der Waals surface area contributed by atoms with Gasteiger partial charge in [-0.05, 0) is 30.5 Å². The van der Waals surface area contributed by atoms with Gasteiger partial charge >= 0.3 is 0 Å². The highest BCUT2D eigenvalue weighted by Gasteiger charge is 2.26. The molecule has 0 N–H and O–H groups in total. The molecule has 168 valence electrons. The van der Waals surface area contributed by atoms with Crippen molar-refractivity contribution >= 4 is 10.0 Å². The summed E-state index contributed by atoms with van der Waals surface area (Å²) in [4.78, 5) is 0.192. The van der Waals surface area contributed by atoms with Gasteiger partial charge in [0.15, 0.2) is 11.5 Å². The fraction of sp³-hybridized carbons (Fsp3) is 0.429. The number of rotatable bonds is 11. The highest BCUT2D eigenvalue weighted by atomic mass is 32.2. The van der Waals surface area contributed by atoms with E-state index in [4.69, 9.17) is 9.47 Å². The third-order valence-electron chi connectivity index (χ3n) is 4.92. The summed E-state index contributed by atoms with van der Waals surface area (Å²) in [6, 6.07) is 5.60. The number of sulfonamides is 1. The molecular weight excluding hydrogens is 418 g/mol. The lowest BCUT2D eigenvalue weighted by Crippen LogP contribution is -2.32. The second kappa shape index (κ2) is 9.97. The molecule has 0 unspecified atom stereocenters. The van der Waals surface area contributed by atoms with Gasteiger partial charge in [-0.1, -0.05) is 13.0 Å². The quantitative estimate of drug-likeness (QED) is 0.448. The van der Waals surface area contributed by atoms with Gasteiger partial charge in [-0.15, -0.1) is 0 Å². The van der Waals surface area contributed by atoms with Gasteiger partial charge in [0.25, 0.3) is 0 Å². The summed E-state index contributed by atoms with van der Waals surface area (Å²) in [6.07, 6.45) is 7.89. The van der Waals surface area contributed by atoms with E-state index in [0.717, 1.165) is 17.5 Å². The van der Waals surface area contributed by atoms with E-state index in [-0.39, 0.29) is 11.4 Å². The lowest BCUT2D eigenvalue weighted by Gasteiger charge is -2.21. The molecule has 0 saturated carbocycles. The summed E-state index contributed by atoms with van der Waals surface area (Å²) in [6.45, 7) is 3.21. The van der Waals surface area contributed by atoms with E-state index < -0.39 is 10.0 Å². The molecule has 3 rings (SSSR count). The minimum absolute atomic E-state index is 0.192. The third kappa shape index (κ3) is 5.45. The predicted octanol–water partition coefficient (Wildman–Crippen LogP) is 2.48. The van der Waals surface area contributed by atoms with E-state index in [1.54, 1.807) is 43.0 Å². The second-order valence-electron chi connectivity index (χ2n) is 7.24. The number of aromatic nitrogens is 4. The van der Waals surface area contributed by atoms with Crippen LogP contribution in [0.2, 0.25) is 0 Å². The smallest absolute Gasteiger partial charge is 0.246 e. The van der Waals surface area contributed by atoms with Gasteiger partial charge in [0, 0.05) is 44.6 Å². The lowest BCUT2D eigenvalue weighted by atomic mass is 10.1. The van der Waals surface area contributed by atoms with Crippen molar-refractivity contribution in [3.8, 4) is 11.5 Å². The maximum Gasteiger partial charge on any atom is 0.246 e. The Morgan fingerprint density at radius 1 is 1.03 bits per heavy atom. The zero-order valence-electron chi connectivity index (χ0n) is 18.4. The van der Waals surface area contributed by atoms with Crippen molar-refractivity contribution < 1.29 is 17.9 Å². The lowest BCUT2D eigenvalue weighted by molar-refractivity contribution is 0.354. The van der Waals surface area contributed by atoms with Crippen molar-refractivity contribution in [3.63, 3.8) is 0 Å². The number of nitrogens with zero attached hydrogens (tertiary/aromatic N) is 5. The Morgan fingerprint density at radius 3 is 2.45 bits per heavy atom. The zero-order valence-corrected chi connectivity index (χ0v) is 19.2. The predicted molar refractivity (Wildman–Crippen MR) is 117 cm³/mol. The fourth-order valence-electron chi connectivity index (χ4n) is 3.31. The van der Waals surface area contributed by atoms with Crippen molar-refractivity contribution in [3.05, 3.63) is 54.1 Å². The monoisotopic (exact) mass is 447 g/mol. The Bertz CT molecular complexity index is 1110. The van der Waals surface area contributed by atoms with Crippen LogP contribution in [0.15, 0.2) is 47.9 Å². The number of hydrogen-bond donors (Lipinski definition) is 0. The molecule has 2 aromatic heterocycles. The summed E-state index contributed by atoms with van der Waals surface area (Å²) in [5, 5.41) is 8.35. The number of benzene rings is 1. The molecule has 0 bridgehead atoms. The van der Waals surface area contributed by atoms with Crippen LogP contribution >= 0.6 is 0 Å². The minimum atomic E-state index is -3.73. The van der Waals surface area contributed by atoms with E-state index in [1.165, 1.54) is 10.5 Å². The van der Waals surface area contributed by atoms with Crippen LogP contribution < -0.4 is 9.47 Å². The Hall–Kier alpha value is -2.85. The topological polar surface area (TPSA) is 91.5 Å². The number of methoxy groups -OCH3 is 2. The molecular formula is C21H29N5O4S. The van der Waals surface area contributed by atoms with Gasteiger partial charge in [-0.25, -0.2) is 8.42 Å². The normalized spacial score (nSPS) is 11.8. The van der Waals surface area contributed by atoms with Gasteiger partial charge in [-0.2, -0.15) is 14.5 Å². The third-order valence-corrected chi connectivity index (χ3v) is 6.71. The highest BCUT2D eigenvalue weighted by molar-refractivity contribution is 7.89. The summed E-state index contributed by atoms with van der Waals surface area (Å²) in [5.74, 6) is 1.25. The second-order valence-corrected chi connectivity index (χ2v) is 9.18. The molecule has 10 heteroatoms. The molecule has 0 aliphatic heterocycles. The van der Waals surface area contributed by atoms with Crippen LogP contribution in [0.25, 0.3) is 0 Å². The largest absolute Gasteiger partial charge is 0.493 e. The molecule has 0 amide bonds. The molecule has 0 aliphatic carbocycles. The van der Waals surface area contributed by atoms with Crippen molar-refractivity contribution in [1.29, 1.82) is 0 Å². The van der Waals surface area contributed by atoms with Crippen LogP contribution in [-0.2, 0) is 36.6 Å². The molecule has 3 aromatic rings. The van der Waals surface area contributed by atoms with E-state index in [1.807, 2.05) is 31.3 Å². The Balaban J connectivity index is 1.85. The summed E-state index contributed by atoms with van der Waals surface area (Å²) < 4.78 is 42.2. The van der Waals surface area contributed by atoms with Crippen LogP contribution in [0.4, 0.5) is 0 Å². The Morgan fingerprint density at radius 2 is 1.81 bits per heavy atom. The number of ether oxygens (including phenoxy) is 2. The zero-order chi connectivity index (χ0) is 22.4. The first-order chi connectivity index (χ1) is 14.9. The molecule has 0 atom stereocenters. The molecule has 1 aromatic carbocycles.